The lowest BCUT2D eigenvalue weighted by Crippen LogP contribution is -2.05. The van der Waals surface area contributed by atoms with Crippen LogP contribution in [0.5, 0.6) is 0 Å². The molecule has 0 aliphatic rings. The van der Waals surface area contributed by atoms with E-state index in [-0.39, 0.29) is 0 Å². The van der Waals surface area contributed by atoms with Crippen molar-refractivity contribution in [3.63, 3.8) is 0 Å². The van der Waals surface area contributed by atoms with Crippen LogP contribution in [0.4, 0.5) is 0 Å². The minimum absolute atomic E-state index is 0.491. The molecule has 0 aliphatic heterocycles. The molecule has 1 N–H and O–H groups in total. The summed E-state index contributed by atoms with van der Waals surface area (Å²) in [7, 11) is 0. The van der Waals surface area contributed by atoms with Crippen LogP contribution in [0.15, 0.2) is 64.1 Å². The fourth-order valence-corrected chi connectivity index (χ4v) is 2.50. The van der Waals surface area contributed by atoms with Crippen LogP contribution in [0.3, 0.4) is 0 Å². The first-order valence-corrected chi connectivity index (χ1v) is 8.31. The smallest absolute Gasteiger partial charge is 0.147 e. The number of benzene rings is 2. The molecule has 3 aromatic rings. The highest BCUT2D eigenvalue weighted by molar-refractivity contribution is 6.42. The van der Waals surface area contributed by atoms with E-state index in [2.05, 4.69) is 10.5 Å². The first-order chi connectivity index (χ1) is 11.6. The van der Waals surface area contributed by atoms with Gasteiger partial charge in [-0.15, -0.1) is 0 Å². The monoisotopic (exact) mass is 378 g/mol. The van der Waals surface area contributed by atoms with Gasteiger partial charge in [-0.3, -0.25) is 0 Å². The number of hydrogen-bond acceptors (Lipinski definition) is 3. The number of hydrogen-bond donors (Lipinski definition) is 1. The molecular weight excluding hydrogens is 367 g/mol. The van der Waals surface area contributed by atoms with Crippen molar-refractivity contribution in [1.29, 1.82) is 0 Å². The third-order valence-electron chi connectivity index (χ3n) is 3.31. The maximum Gasteiger partial charge on any atom is 0.147 e. The SMILES string of the molecule is Clc1ccc(CN/N=C\c2ccc(-c3ccc(Cl)c(Cl)c3)o2)cc1. The zero-order valence-corrected chi connectivity index (χ0v) is 14.7. The molecular formula is C18H13Cl3N2O. The topological polar surface area (TPSA) is 37.5 Å². The molecule has 0 bridgehead atoms. The molecule has 0 amide bonds. The highest BCUT2D eigenvalue weighted by Gasteiger charge is 2.06. The molecule has 1 heterocycles. The van der Waals surface area contributed by atoms with E-state index < -0.39 is 0 Å². The second kappa shape index (κ2) is 7.75. The maximum absolute atomic E-state index is 6.02. The zero-order valence-electron chi connectivity index (χ0n) is 12.5. The van der Waals surface area contributed by atoms with Crippen molar-refractivity contribution < 1.29 is 4.42 Å². The third kappa shape index (κ3) is 4.32. The lowest BCUT2D eigenvalue weighted by Gasteiger charge is -2.00. The maximum atomic E-state index is 6.02. The summed E-state index contributed by atoms with van der Waals surface area (Å²) in [5.74, 6) is 1.34. The summed E-state index contributed by atoms with van der Waals surface area (Å²) in [6.45, 7) is 0.605. The fourth-order valence-electron chi connectivity index (χ4n) is 2.08. The van der Waals surface area contributed by atoms with Crippen LogP contribution in [-0.4, -0.2) is 6.21 Å². The third-order valence-corrected chi connectivity index (χ3v) is 4.30. The fraction of sp³-hybridized carbons (Fsp3) is 0.0556. The lowest BCUT2D eigenvalue weighted by molar-refractivity contribution is 0.573. The van der Waals surface area contributed by atoms with E-state index in [1.807, 2.05) is 42.5 Å². The van der Waals surface area contributed by atoms with Gasteiger partial charge < -0.3 is 9.84 Å². The molecule has 3 rings (SSSR count). The number of rotatable bonds is 5. The second-order valence-electron chi connectivity index (χ2n) is 5.05. The van der Waals surface area contributed by atoms with E-state index in [1.54, 1.807) is 18.3 Å². The lowest BCUT2D eigenvalue weighted by atomic mass is 10.2. The van der Waals surface area contributed by atoms with Crippen LogP contribution in [0.2, 0.25) is 15.1 Å². The Bertz CT molecular complexity index is 857. The number of nitrogens with zero attached hydrogens (tertiary/aromatic N) is 1. The Morgan fingerprint density at radius 3 is 2.46 bits per heavy atom. The summed E-state index contributed by atoms with van der Waals surface area (Å²) < 4.78 is 5.72. The van der Waals surface area contributed by atoms with Crippen LogP contribution in [0.25, 0.3) is 11.3 Å². The molecule has 0 saturated carbocycles. The van der Waals surface area contributed by atoms with Crippen molar-refractivity contribution in [3.8, 4) is 11.3 Å². The van der Waals surface area contributed by atoms with E-state index in [0.29, 0.717) is 33.1 Å². The molecule has 2 aromatic carbocycles. The molecule has 0 fully saturated rings. The van der Waals surface area contributed by atoms with Crippen LogP contribution in [-0.2, 0) is 6.54 Å². The Labute approximate surface area is 154 Å². The first-order valence-electron chi connectivity index (χ1n) is 7.17. The van der Waals surface area contributed by atoms with Gasteiger partial charge in [-0.2, -0.15) is 5.10 Å². The van der Waals surface area contributed by atoms with Gasteiger partial charge in [0.25, 0.3) is 0 Å². The van der Waals surface area contributed by atoms with Gasteiger partial charge in [0.15, 0.2) is 0 Å². The quantitative estimate of drug-likeness (QED) is 0.434. The Hall–Kier alpha value is -1.94. The van der Waals surface area contributed by atoms with Crippen molar-refractivity contribution >= 4 is 41.0 Å². The molecule has 24 heavy (non-hydrogen) atoms. The average Bonchev–Trinajstić information content (AvgIpc) is 3.05. The summed E-state index contributed by atoms with van der Waals surface area (Å²) >= 11 is 17.8. The van der Waals surface area contributed by atoms with Crippen molar-refractivity contribution in [2.24, 2.45) is 5.10 Å². The molecule has 0 aliphatic carbocycles. The Balaban J connectivity index is 1.61. The number of hydrazone groups is 1. The van der Waals surface area contributed by atoms with E-state index in [4.69, 9.17) is 39.2 Å². The van der Waals surface area contributed by atoms with Gasteiger partial charge in [-0.1, -0.05) is 46.9 Å². The van der Waals surface area contributed by atoms with E-state index in [0.717, 1.165) is 11.1 Å². The Morgan fingerprint density at radius 1 is 0.917 bits per heavy atom. The van der Waals surface area contributed by atoms with E-state index in [1.165, 1.54) is 0 Å². The molecule has 0 spiro atoms. The zero-order chi connectivity index (χ0) is 16.9. The summed E-state index contributed by atoms with van der Waals surface area (Å²) in [5.41, 5.74) is 4.91. The predicted molar refractivity (Wildman–Crippen MR) is 100 cm³/mol. The number of halogens is 3. The summed E-state index contributed by atoms with van der Waals surface area (Å²) in [6, 6.07) is 16.6. The van der Waals surface area contributed by atoms with Gasteiger partial charge in [-0.05, 0) is 48.0 Å². The Morgan fingerprint density at radius 2 is 1.71 bits per heavy atom. The molecule has 6 heteroatoms. The predicted octanol–water partition coefficient (Wildman–Crippen LogP) is 6.03. The minimum Gasteiger partial charge on any atom is -0.455 e. The molecule has 1 aromatic heterocycles. The summed E-state index contributed by atoms with van der Waals surface area (Å²) in [4.78, 5) is 0. The number of furan rings is 1. The highest BCUT2D eigenvalue weighted by atomic mass is 35.5. The number of nitrogens with one attached hydrogen (secondary N) is 1. The van der Waals surface area contributed by atoms with Gasteiger partial charge in [0.2, 0.25) is 0 Å². The summed E-state index contributed by atoms with van der Waals surface area (Å²) in [6.07, 6.45) is 1.62. The standard InChI is InChI=1S/C18H13Cl3N2O/c19-14-4-1-12(2-5-14)10-22-23-11-15-6-8-18(24-15)13-3-7-16(20)17(21)9-13/h1-9,11,22H,10H2/b23-11-. The van der Waals surface area contributed by atoms with Crippen molar-refractivity contribution in [2.45, 2.75) is 6.54 Å². The molecule has 3 nitrogen and oxygen atoms in total. The molecule has 0 radical (unpaired) electrons. The van der Waals surface area contributed by atoms with Gasteiger partial charge in [0.1, 0.15) is 11.5 Å². The van der Waals surface area contributed by atoms with E-state index >= 15 is 0 Å². The largest absolute Gasteiger partial charge is 0.455 e. The van der Waals surface area contributed by atoms with Crippen molar-refractivity contribution in [3.05, 3.63) is 81.0 Å². The molecule has 0 atom stereocenters. The second-order valence-corrected chi connectivity index (χ2v) is 6.30. The average molecular weight is 380 g/mol. The molecule has 122 valence electrons. The van der Waals surface area contributed by atoms with Crippen molar-refractivity contribution in [1.82, 2.24) is 5.43 Å². The van der Waals surface area contributed by atoms with Crippen LogP contribution in [0.1, 0.15) is 11.3 Å². The van der Waals surface area contributed by atoms with Gasteiger partial charge in [-0.25, -0.2) is 0 Å². The van der Waals surface area contributed by atoms with Crippen LogP contribution >= 0.6 is 34.8 Å². The molecule has 0 saturated heterocycles. The summed E-state index contributed by atoms with van der Waals surface area (Å²) in [5, 5.41) is 5.87. The molecule has 0 unspecified atom stereocenters. The minimum atomic E-state index is 0.491. The normalized spacial score (nSPS) is 11.1. The Kier molecular flexibility index (Phi) is 5.46. The van der Waals surface area contributed by atoms with Crippen molar-refractivity contribution in [2.75, 3.05) is 0 Å². The van der Waals surface area contributed by atoms with Gasteiger partial charge in [0, 0.05) is 10.6 Å². The van der Waals surface area contributed by atoms with Crippen LogP contribution < -0.4 is 5.43 Å². The van der Waals surface area contributed by atoms with Gasteiger partial charge >= 0.3 is 0 Å². The first kappa shape index (κ1) is 16.9. The van der Waals surface area contributed by atoms with E-state index in [9.17, 15) is 0 Å². The van der Waals surface area contributed by atoms with Crippen LogP contribution in [0, 0.1) is 0 Å². The highest BCUT2D eigenvalue weighted by Crippen LogP contribution is 2.29. The van der Waals surface area contributed by atoms with Gasteiger partial charge in [0.05, 0.1) is 22.8 Å².